The highest BCUT2D eigenvalue weighted by Gasteiger charge is 2.16. The second-order valence-electron chi connectivity index (χ2n) is 6.73. The van der Waals surface area contributed by atoms with Crippen LogP contribution in [-0.2, 0) is 17.8 Å². The molecule has 0 saturated heterocycles. The van der Waals surface area contributed by atoms with E-state index in [1.165, 1.54) is 11.1 Å². The van der Waals surface area contributed by atoms with Crippen molar-refractivity contribution in [3.05, 3.63) is 29.3 Å². The Kier molecular flexibility index (Phi) is 5.29. The molecule has 0 bridgehead atoms. The summed E-state index contributed by atoms with van der Waals surface area (Å²) in [6.07, 6.45) is 0.365. The number of benzene rings is 1. The van der Waals surface area contributed by atoms with Gasteiger partial charge >= 0.3 is 6.09 Å². The first-order valence-electron chi connectivity index (χ1n) is 7.73. The lowest BCUT2D eigenvalue weighted by molar-refractivity contribution is 0.0525. The Hall–Kier alpha value is -1.75. The summed E-state index contributed by atoms with van der Waals surface area (Å²) in [6.45, 7) is 8.65. The summed E-state index contributed by atoms with van der Waals surface area (Å²) in [5.74, 6) is 0.895. The maximum Gasteiger partial charge on any atom is 0.407 e. The fourth-order valence-corrected chi connectivity index (χ4v) is 2.40. The van der Waals surface area contributed by atoms with Crippen LogP contribution in [0.3, 0.4) is 0 Å². The molecule has 1 heterocycles. The molecule has 0 aromatic heterocycles. The number of amides is 1. The summed E-state index contributed by atoms with van der Waals surface area (Å²) in [7, 11) is 2.11. The number of nitrogens with zero attached hydrogens (tertiary/aromatic N) is 1. The van der Waals surface area contributed by atoms with Crippen LogP contribution in [0, 0.1) is 0 Å². The molecule has 22 heavy (non-hydrogen) atoms. The molecule has 122 valence electrons. The van der Waals surface area contributed by atoms with E-state index >= 15 is 0 Å². The summed E-state index contributed by atoms with van der Waals surface area (Å²) in [4.78, 5) is 13.7. The first-order chi connectivity index (χ1) is 10.3. The molecule has 1 aliphatic rings. The van der Waals surface area contributed by atoms with E-state index in [2.05, 4.69) is 29.4 Å². The minimum atomic E-state index is -0.460. The van der Waals surface area contributed by atoms with Gasteiger partial charge in [-0.1, -0.05) is 6.07 Å². The van der Waals surface area contributed by atoms with Crippen LogP contribution in [-0.4, -0.2) is 36.8 Å². The summed E-state index contributed by atoms with van der Waals surface area (Å²) >= 11 is 0. The second kappa shape index (κ2) is 7.01. The summed E-state index contributed by atoms with van der Waals surface area (Å²) in [5.41, 5.74) is 2.26. The van der Waals surface area contributed by atoms with Crippen LogP contribution in [0.5, 0.6) is 5.75 Å². The molecule has 1 amide bonds. The Morgan fingerprint density at radius 2 is 2.00 bits per heavy atom. The normalized spacial score (nSPS) is 14.5. The molecule has 2 rings (SSSR count). The molecular weight excluding hydrogens is 280 g/mol. The number of ether oxygens (including phenoxy) is 2. The van der Waals surface area contributed by atoms with Crippen molar-refractivity contribution >= 4 is 6.09 Å². The Morgan fingerprint density at radius 3 is 2.73 bits per heavy atom. The molecule has 0 saturated carbocycles. The van der Waals surface area contributed by atoms with Gasteiger partial charge in [-0.05, 0) is 57.5 Å². The molecule has 5 nitrogen and oxygen atoms in total. The molecule has 0 atom stereocenters. The van der Waals surface area contributed by atoms with E-state index < -0.39 is 5.60 Å². The molecule has 0 aliphatic carbocycles. The molecule has 1 aromatic carbocycles. The van der Waals surface area contributed by atoms with E-state index in [9.17, 15) is 4.79 Å². The quantitative estimate of drug-likeness (QED) is 0.850. The minimum Gasteiger partial charge on any atom is -0.494 e. The fourth-order valence-electron chi connectivity index (χ4n) is 2.40. The standard InChI is InChI=1S/C17H26N2O3/c1-17(2,3)22-16(20)18-8-5-9-21-15-7-6-13-11-19(4)12-14(13)10-15/h6-7,10H,5,8-9,11-12H2,1-4H3,(H,18,20). The van der Waals surface area contributed by atoms with Crippen LogP contribution in [0.1, 0.15) is 38.3 Å². The molecular formula is C17H26N2O3. The van der Waals surface area contributed by atoms with Gasteiger partial charge in [0.05, 0.1) is 6.61 Å². The smallest absolute Gasteiger partial charge is 0.407 e. The van der Waals surface area contributed by atoms with Gasteiger partial charge in [-0.3, -0.25) is 4.90 Å². The Morgan fingerprint density at radius 1 is 1.27 bits per heavy atom. The number of alkyl carbamates (subject to hydrolysis) is 1. The van der Waals surface area contributed by atoms with Gasteiger partial charge in [-0.25, -0.2) is 4.79 Å². The van der Waals surface area contributed by atoms with E-state index in [1.807, 2.05) is 26.8 Å². The summed E-state index contributed by atoms with van der Waals surface area (Å²) in [6, 6.07) is 6.26. The molecule has 0 radical (unpaired) electrons. The lowest BCUT2D eigenvalue weighted by Gasteiger charge is -2.19. The van der Waals surface area contributed by atoms with E-state index in [0.29, 0.717) is 13.2 Å². The number of nitrogens with one attached hydrogen (secondary N) is 1. The van der Waals surface area contributed by atoms with Gasteiger partial charge in [0.2, 0.25) is 0 Å². The van der Waals surface area contributed by atoms with Crippen molar-refractivity contribution in [1.82, 2.24) is 10.2 Å². The molecule has 0 fully saturated rings. The number of hydrogen-bond acceptors (Lipinski definition) is 4. The van der Waals surface area contributed by atoms with Crippen molar-refractivity contribution in [2.24, 2.45) is 0 Å². The lowest BCUT2D eigenvalue weighted by atomic mass is 10.1. The van der Waals surface area contributed by atoms with Gasteiger partial charge in [-0.15, -0.1) is 0 Å². The maximum absolute atomic E-state index is 11.5. The van der Waals surface area contributed by atoms with Gasteiger partial charge < -0.3 is 14.8 Å². The predicted octanol–water partition coefficient (Wildman–Crippen LogP) is 2.93. The van der Waals surface area contributed by atoms with Crippen LogP contribution < -0.4 is 10.1 Å². The van der Waals surface area contributed by atoms with E-state index in [4.69, 9.17) is 9.47 Å². The number of carbonyl (C=O) groups excluding carboxylic acids is 1. The zero-order valence-corrected chi connectivity index (χ0v) is 13.9. The van der Waals surface area contributed by atoms with E-state index in [-0.39, 0.29) is 6.09 Å². The average Bonchev–Trinajstić information content (AvgIpc) is 2.75. The van der Waals surface area contributed by atoms with Gasteiger partial charge in [0.1, 0.15) is 11.4 Å². The fraction of sp³-hybridized carbons (Fsp3) is 0.588. The Balaban J connectivity index is 1.65. The van der Waals surface area contributed by atoms with Crippen LogP contribution >= 0.6 is 0 Å². The second-order valence-corrected chi connectivity index (χ2v) is 6.73. The summed E-state index contributed by atoms with van der Waals surface area (Å²) < 4.78 is 10.9. The zero-order valence-electron chi connectivity index (χ0n) is 13.9. The van der Waals surface area contributed by atoms with Crippen LogP contribution in [0.25, 0.3) is 0 Å². The molecule has 1 N–H and O–H groups in total. The van der Waals surface area contributed by atoms with E-state index in [1.54, 1.807) is 0 Å². The molecule has 5 heteroatoms. The van der Waals surface area contributed by atoms with Crippen molar-refractivity contribution in [3.63, 3.8) is 0 Å². The molecule has 0 unspecified atom stereocenters. The van der Waals surface area contributed by atoms with Crippen molar-refractivity contribution < 1.29 is 14.3 Å². The third kappa shape index (κ3) is 5.22. The van der Waals surface area contributed by atoms with Gasteiger partial charge in [0, 0.05) is 19.6 Å². The summed E-state index contributed by atoms with van der Waals surface area (Å²) in [5, 5.41) is 2.73. The van der Waals surface area contributed by atoms with Gasteiger partial charge in [-0.2, -0.15) is 0 Å². The van der Waals surface area contributed by atoms with Crippen molar-refractivity contribution in [2.75, 3.05) is 20.2 Å². The average molecular weight is 306 g/mol. The largest absolute Gasteiger partial charge is 0.494 e. The first-order valence-corrected chi connectivity index (χ1v) is 7.73. The van der Waals surface area contributed by atoms with Gasteiger partial charge in [0.25, 0.3) is 0 Å². The highest BCUT2D eigenvalue weighted by Crippen LogP contribution is 2.25. The van der Waals surface area contributed by atoms with Crippen molar-refractivity contribution in [1.29, 1.82) is 0 Å². The van der Waals surface area contributed by atoms with E-state index in [0.717, 1.165) is 25.3 Å². The number of fused-ring (bicyclic) bond motifs is 1. The number of rotatable bonds is 5. The highest BCUT2D eigenvalue weighted by atomic mass is 16.6. The molecule has 1 aliphatic heterocycles. The monoisotopic (exact) mass is 306 g/mol. The first kappa shape index (κ1) is 16.6. The Bertz CT molecular complexity index is 523. The predicted molar refractivity (Wildman–Crippen MR) is 86.0 cm³/mol. The van der Waals surface area contributed by atoms with Crippen LogP contribution in [0.2, 0.25) is 0 Å². The SMILES string of the molecule is CN1Cc2ccc(OCCCNC(=O)OC(C)(C)C)cc2C1. The van der Waals surface area contributed by atoms with Gasteiger partial charge in [0.15, 0.2) is 0 Å². The lowest BCUT2D eigenvalue weighted by Crippen LogP contribution is -2.33. The van der Waals surface area contributed by atoms with Crippen LogP contribution in [0.4, 0.5) is 4.79 Å². The third-order valence-corrected chi connectivity index (χ3v) is 3.32. The topological polar surface area (TPSA) is 50.8 Å². The molecule has 1 aromatic rings. The van der Waals surface area contributed by atoms with Crippen molar-refractivity contribution in [3.8, 4) is 5.75 Å². The highest BCUT2D eigenvalue weighted by molar-refractivity contribution is 5.67. The maximum atomic E-state index is 11.5. The minimum absolute atomic E-state index is 0.381. The third-order valence-electron chi connectivity index (χ3n) is 3.32. The van der Waals surface area contributed by atoms with Crippen molar-refractivity contribution in [2.45, 2.75) is 45.9 Å². The molecule has 0 spiro atoms. The Labute approximate surface area is 132 Å². The number of carbonyl (C=O) groups is 1. The van der Waals surface area contributed by atoms with Crippen LogP contribution in [0.15, 0.2) is 18.2 Å². The zero-order chi connectivity index (χ0) is 16.2. The number of hydrogen-bond donors (Lipinski definition) is 1.